The highest BCUT2D eigenvalue weighted by Crippen LogP contribution is 2.20. The smallest absolute Gasteiger partial charge is 0.167 e. The number of aryl methyl sites for hydroxylation is 2. The second-order valence-electron chi connectivity index (χ2n) is 4.46. The van der Waals surface area contributed by atoms with E-state index in [0.717, 1.165) is 22.3 Å². The highest BCUT2D eigenvalue weighted by Gasteiger charge is 2.13. The molecule has 0 aliphatic rings. The largest absolute Gasteiger partial charge is 0.294 e. The van der Waals surface area contributed by atoms with Crippen LogP contribution in [0, 0.1) is 13.8 Å². The Balaban J connectivity index is 2.31. The molecule has 0 saturated heterocycles. The second kappa shape index (κ2) is 5.36. The third-order valence-corrected chi connectivity index (χ3v) is 3.44. The van der Waals surface area contributed by atoms with Gasteiger partial charge >= 0.3 is 0 Å². The quantitative estimate of drug-likeness (QED) is 0.747. The highest BCUT2D eigenvalue weighted by molar-refractivity contribution is 6.31. The van der Waals surface area contributed by atoms with E-state index in [0.29, 0.717) is 11.4 Å². The van der Waals surface area contributed by atoms with Crippen molar-refractivity contribution in [3.05, 3.63) is 69.7 Å². The molecule has 0 aliphatic carbocycles. The molecule has 0 atom stereocenters. The van der Waals surface area contributed by atoms with Gasteiger partial charge in [0.05, 0.1) is 0 Å². The summed E-state index contributed by atoms with van der Waals surface area (Å²) < 4.78 is 0. The SMILES string of the molecule is Cc1cccc(C)c1C(=O)Cc1ccccc1Cl. The number of carbonyl (C=O) groups excluding carboxylic acids is 1. The van der Waals surface area contributed by atoms with Gasteiger partial charge in [-0.25, -0.2) is 0 Å². The van der Waals surface area contributed by atoms with Crippen LogP contribution in [0.3, 0.4) is 0 Å². The van der Waals surface area contributed by atoms with Crippen LogP contribution in [0.25, 0.3) is 0 Å². The van der Waals surface area contributed by atoms with E-state index in [1.165, 1.54) is 0 Å². The zero-order valence-corrected chi connectivity index (χ0v) is 11.3. The number of halogens is 1. The molecule has 0 amide bonds. The summed E-state index contributed by atoms with van der Waals surface area (Å²) in [5.41, 5.74) is 3.74. The molecule has 2 heteroatoms. The summed E-state index contributed by atoms with van der Waals surface area (Å²) in [6.45, 7) is 3.93. The van der Waals surface area contributed by atoms with Gasteiger partial charge in [0.15, 0.2) is 5.78 Å². The van der Waals surface area contributed by atoms with Crippen molar-refractivity contribution < 1.29 is 4.79 Å². The Morgan fingerprint density at radius 1 is 1.00 bits per heavy atom. The maximum absolute atomic E-state index is 12.3. The molecule has 0 saturated carbocycles. The van der Waals surface area contributed by atoms with E-state index in [2.05, 4.69) is 0 Å². The van der Waals surface area contributed by atoms with Crippen molar-refractivity contribution in [3.63, 3.8) is 0 Å². The Morgan fingerprint density at radius 2 is 1.61 bits per heavy atom. The fraction of sp³-hybridized carbons (Fsp3) is 0.188. The van der Waals surface area contributed by atoms with Crippen LogP contribution in [0.4, 0.5) is 0 Å². The molecule has 1 nitrogen and oxygen atoms in total. The van der Waals surface area contributed by atoms with E-state index in [9.17, 15) is 4.79 Å². The Labute approximate surface area is 112 Å². The Bertz CT molecular complexity index is 567. The molecule has 0 N–H and O–H groups in total. The van der Waals surface area contributed by atoms with Crippen LogP contribution in [-0.2, 0) is 6.42 Å². The van der Waals surface area contributed by atoms with Crippen molar-refractivity contribution in [2.24, 2.45) is 0 Å². The lowest BCUT2D eigenvalue weighted by atomic mass is 9.95. The van der Waals surface area contributed by atoms with Crippen LogP contribution < -0.4 is 0 Å². The number of hydrogen-bond acceptors (Lipinski definition) is 1. The molecule has 2 aromatic carbocycles. The second-order valence-corrected chi connectivity index (χ2v) is 4.87. The number of hydrogen-bond donors (Lipinski definition) is 0. The van der Waals surface area contributed by atoms with Crippen molar-refractivity contribution in [1.29, 1.82) is 0 Å². The van der Waals surface area contributed by atoms with Gasteiger partial charge in [0.1, 0.15) is 0 Å². The lowest BCUT2D eigenvalue weighted by Crippen LogP contribution is -2.08. The van der Waals surface area contributed by atoms with Crippen molar-refractivity contribution in [2.75, 3.05) is 0 Å². The molecule has 0 aromatic heterocycles. The van der Waals surface area contributed by atoms with E-state index in [1.54, 1.807) is 0 Å². The summed E-state index contributed by atoms with van der Waals surface area (Å²) in [5.74, 6) is 0.124. The number of ketones is 1. The minimum Gasteiger partial charge on any atom is -0.294 e. The zero-order valence-electron chi connectivity index (χ0n) is 10.5. The number of carbonyl (C=O) groups is 1. The molecule has 18 heavy (non-hydrogen) atoms. The Morgan fingerprint density at radius 3 is 2.22 bits per heavy atom. The molecule has 0 bridgehead atoms. The monoisotopic (exact) mass is 258 g/mol. The first-order valence-corrected chi connectivity index (χ1v) is 6.30. The standard InChI is InChI=1S/C16H15ClO/c1-11-6-5-7-12(2)16(11)15(18)10-13-8-3-4-9-14(13)17/h3-9H,10H2,1-2H3. The van der Waals surface area contributed by atoms with Crippen LogP contribution in [-0.4, -0.2) is 5.78 Å². The first-order valence-electron chi connectivity index (χ1n) is 5.92. The van der Waals surface area contributed by atoms with Gasteiger partial charge in [-0.15, -0.1) is 0 Å². The summed E-state index contributed by atoms with van der Waals surface area (Å²) in [4.78, 5) is 12.3. The van der Waals surface area contributed by atoms with Crippen molar-refractivity contribution >= 4 is 17.4 Å². The van der Waals surface area contributed by atoms with E-state index in [1.807, 2.05) is 56.3 Å². The zero-order chi connectivity index (χ0) is 13.1. The van der Waals surface area contributed by atoms with Crippen LogP contribution >= 0.6 is 11.6 Å². The molecule has 92 valence electrons. The minimum absolute atomic E-state index is 0.124. The molecule has 0 spiro atoms. The van der Waals surface area contributed by atoms with E-state index in [4.69, 9.17) is 11.6 Å². The van der Waals surface area contributed by atoms with Crippen molar-refractivity contribution in [2.45, 2.75) is 20.3 Å². The van der Waals surface area contributed by atoms with Gasteiger partial charge in [0, 0.05) is 17.0 Å². The average Bonchev–Trinajstić information content (AvgIpc) is 2.32. The first kappa shape index (κ1) is 12.8. The normalized spacial score (nSPS) is 10.4. The van der Waals surface area contributed by atoms with Crippen LogP contribution in [0.15, 0.2) is 42.5 Å². The summed E-state index contributed by atoms with van der Waals surface area (Å²) in [6, 6.07) is 13.4. The Hall–Kier alpha value is -1.60. The number of Topliss-reactive ketones (excluding diaryl/α,β-unsaturated/α-hetero) is 1. The van der Waals surface area contributed by atoms with Gasteiger partial charge in [-0.3, -0.25) is 4.79 Å². The maximum atomic E-state index is 12.3. The van der Waals surface area contributed by atoms with Gasteiger partial charge in [-0.2, -0.15) is 0 Å². The summed E-state index contributed by atoms with van der Waals surface area (Å²) in [6.07, 6.45) is 0.353. The molecule has 0 aliphatic heterocycles. The van der Waals surface area contributed by atoms with Crippen LogP contribution in [0.1, 0.15) is 27.0 Å². The summed E-state index contributed by atoms with van der Waals surface area (Å²) in [5, 5.41) is 0.650. The molecular weight excluding hydrogens is 244 g/mol. The van der Waals surface area contributed by atoms with Gasteiger partial charge < -0.3 is 0 Å². The molecule has 0 fully saturated rings. The van der Waals surface area contributed by atoms with Crippen molar-refractivity contribution in [3.8, 4) is 0 Å². The average molecular weight is 259 g/mol. The fourth-order valence-corrected chi connectivity index (χ4v) is 2.36. The topological polar surface area (TPSA) is 17.1 Å². The lowest BCUT2D eigenvalue weighted by molar-refractivity contribution is 0.0992. The van der Waals surface area contributed by atoms with Crippen LogP contribution in [0.5, 0.6) is 0 Å². The maximum Gasteiger partial charge on any atom is 0.167 e. The molecule has 0 radical (unpaired) electrons. The predicted molar refractivity (Wildman–Crippen MR) is 75.4 cm³/mol. The number of benzene rings is 2. The van der Waals surface area contributed by atoms with Gasteiger partial charge in [-0.1, -0.05) is 48.0 Å². The third kappa shape index (κ3) is 2.62. The van der Waals surface area contributed by atoms with Crippen molar-refractivity contribution in [1.82, 2.24) is 0 Å². The van der Waals surface area contributed by atoms with E-state index < -0.39 is 0 Å². The predicted octanol–water partition coefficient (Wildman–Crippen LogP) is 4.38. The molecular formula is C16H15ClO. The van der Waals surface area contributed by atoms with Gasteiger partial charge in [0.25, 0.3) is 0 Å². The highest BCUT2D eigenvalue weighted by atomic mass is 35.5. The summed E-state index contributed by atoms with van der Waals surface area (Å²) >= 11 is 6.08. The fourth-order valence-electron chi connectivity index (χ4n) is 2.16. The number of rotatable bonds is 3. The molecule has 2 rings (SSSR count). The third-order valence-electron chi connectivity index (χ3n) is 3.07. The lowest BCUT2D eigenvalue weighted by Gasteiger charge is -2.09. The Kier molecular flexibility index (Phi) is 3.83. The minimum atomic E-state index is 0.124. The molecule has 0 unspecified atom stereocenters. The summed E-state index contributed by atoms with van der Waals surface area (Å²) in [7, 11) is 0. The van der Waals surface area contributed by atoms with E-state index in [-0.39, 0.29) is 5.78 Å². The first-order chi connectivity index (χ1) is 8.59. The molecule has 0 heterocycles. The van der Waals surface area contributed by atoms with Gasteiger partial charge in [0.2, 0.25) is 0 Å². The van der Waals surface area contributed by atoms with E-state index >= 15 is 0 Å². The molecule has 2 aromatic rings. The van der Waals surface area contributed by atoms with Gasteiger partial charge in [-0.05, 0) is 36.6 Å². The van der Waals surface area contributed by atoms with Crippen LogP contribution in [0.2, 0.25) is 5.02 Å².